The van der Waals surface area contributed by atoms with Crippen molar-refractivity contribution in [2.45, 2.75) is 50.5 Å². The normalized spacial score (nSPS) is 18.7. The van der Waals surface area contributed by atoms with Crippen molar-refractivity contribution in [1.82, 2.24) is 15.0 Å². The summed E-state index contributed by atoms with van der Waals surface area (Å²) in [5.74, 6) is -3.02. The molecular weight excluding hydrogens is 450 g/mol. The standard InChI is InChI=1S/C22H27N3O5S2/c1-14(2)20(25-32(29,30)17-7-4-3-5-8-17)18(26)12-15-11-16-13-24-19(31-16)9-6-10-23-22(28)21(15)27/h3-5,7-8,13-15,20,25H,6,9-12H2,1-2H3,(H,23,28). The molecule has 3 rings (SSSR count). The Bertz CT molecular complexity index is 1080. The largest absolute Gasteiger partial charge is 0.349 e. The maximum Gasteiger partial charge on any atom is 0.287 e. The highest BCUT2D eigenvalue weighted by Gasteiger charge is 2.34. The van der Waals surface area contributed by atoms with Crippen molar-refractivity contribution in [2.24, 2.45) is 11.8 Å². The van der Waals surface area contributed by atoms with Crippen LogP contribution in [0.5, 0.6) is 0 Å². The van der Waals surface area contributed by atoms with Crippen molar-refractivity contribution < 1.29 is 22.8 Å². The van der Waals surface area contributed by atoms with Crippen LogP contribution in [0.2, 0.25) is 0 Å². The van der Waals surface area contributed by atoms with Crippen LogP contribution in [-0.4, -0.2) is 43.5 Å². The van der Waals surface area contributed by atoms with Gasteiger partial charge in [0, 0.05) is 36.4 Å². The molecule has 1 aromatic carbocycles. The van der Waals surface area contributed by atoms with E-state index in [9.17, 15) is 22.8 Å². The van der Waals surface area contributed by atoms with Gasteiger partial charge in [-0.3, -0.25) is 14.4 Å². The molecule has 2 N–H and O–H groups in total. The number of Topliss-reactive ketones (excluding diaryl/α,β-unsaturated/α-hetero) is 2. The van der Waals surface area contributed by atoms with Crippen LogP contribution in [0.3, 0.4) is 0 Å². The smallest absolute Gasteiger partial charge is 0.287 e. The molecule has 10 heteroatoms. The Morgan fingerprint density at radius 3 is 2.66 bits per heavy atom. The summed E-state index contributed by atoms with van der Waals surface area (Å²) in [4.78, 5) is 43.5. The summed E-state index contributed by atoms with van der Waals surface area (Å²) in [5.41, 5.74) is 0. The van der Waals surface area contributed by atoms with Gasteiger partial charge in [0.25, 0.3) is 5.91 Å². The number of hydrogen-bond acceptors (Lipinski definition) is 7. The van der Waals surface area contributed by atoms with Crippen LogP contribution in [0, 0.1) is 11.8 Å². The van der Waals surface area contributed by atoms with E-state index < -0.39 is 39.5 Å². The summed E-state index contributed by atoms with van der Waals surface area (Å²) < 4.78 is 28.0. The molecule has 1 amide bonds. The topological polar surface area (TPSA) is 122 Å². The summed E-state index contributed by atoms with van der Waals surface area (Å²) in [6.45, 7) is 3.82. The number of carbonyl (C=O) groups excluding carboxylic acids is 3. The molecule has 2 unspecified atom stereocenters. The monoisotopic (exact) mass is 477 g/mol. The Morgan fingerprint density at radius 1 is 1.25 bits per heavy atom. The quantitative estimate of drug-likeness (QED) is 0.587. The zero-order valence-corrected chi connectivity index (χ0v) is 19.7. The van der Waals surface area contributed by atoms with Gasteiger partial charge in [-0.15, -0.1) is 11.3 Å². The second-order valence-electron chi connectivity index (χ2n) is 8.17. The molecular formula is C22H27N3O5S2. The minimum atomic E-state index is -3.92. The highest BCUT2D eigenvalue weighted by atomic mass is 32.2. The zero-order valence-electron chi connectivity index (χ0n) is 18.0. The van der Waals surface area contributed by atoms with Gasteiger partial charge < -0.3 is 5.32 Å². The summed E-state index contributed by atoms with van der Waals surface area (Å²) in [6, 6.07) is 6.78. The van der Waals surface area contributed by atoms with Crippen LogP contribution in [0.4, 0.5) is 0 Å². The lowest BCUT2D eigenvalue weighted by atomic mass is 9.88. The molecule has 2 aromatic rings. The van der Waals surface area contributed by atoms with E-state index in [1.54, 1.807) is 38.2 Å². The van der Waals surface area contributed by atoms with E-state index in [0.717, 1.165) is 9.88 Å². The fraction of sp³-hybridized carbons (Fsp3) is 0.455. The molecule has 1 aliphatic heterocycles. The Labute approximate surface area is 191 Å². The average Bonchev–Trinajstić information content (AvgIpc) is 3.20. The molecule has 0 saturated heterocycles. The highest BCUT2D eigenvalue weighted by Crippen LogP contribution is 2.23. The van der Waals surface area contributed by atoms with Crippen molar-refractivity contribution >= 4 is 38.8 Å². The van der Waals surface area contributed by atoms with E-state index in [1.165, 1.54) is 23.5 Å². The Morgan fingerprint density at radius 2 is 1.97 bits per heavy atom. The number of nitrogens with zero attached hydrogens (tertiary/aromatic N) is 1. The maximum absolute atomic E-state index is 13.2. The first kappa shape index (κ1) is 24.2. The molecule has 2 heterocycles. The van der Waals surface area contributed by atoms with Gasteiger partial charge in [0.15, 0.2) is 5.78 Å². The molecule has 0 spiro atoms. The van der Waals surface area contributed by atoms with E-state index >= 15 is 0 Å². The van der Waals surface area contributed by atoms with E-state index in [1.807, 2.05) is 0 Å². The van der Waals surface area contributed by atoms with Crippen LogP contribution in [0.1, 0.15) is 36.6 Å². The van der Waals surface area contributed by atoms with Crippen molar-refractivity contribution in [2.75, 3.05) is 6.54 Å². The van der Waals surface area contributed by atoms with Gasteiger partial charge in [-0.1, -0.05) is 32.0 Å². The first-order valence-corrected chi connectivity index (χ1v) is 12.8. The number of carbonyl (C=O) groups is 3. The van der Waals surface area contributed by atoms with Crippen LogP contribution >= 0.6 is 11.3 Å². The molecule has 2 atom stereocenters. The van der Waals surface area contributed by atoms with Crippen LogP contribution < -0.4 is 10.0 Å². The lowest BCUT2D eigenvalue weighted by Gasteiger charge is -2.23. The highest BCUT2D eigenvalue weighted by molar-refractivity contribution is 7.89. The van der Waals surface area contributed by atoms with Crippen LogP contribution in [0.15, 0.2) is 41.4 Å². The number of thiazole rings is 1. The van der Waals surface area contributed by atoms with E-state index in [-0.39, 0.29) is 23.7 Å². The average molecular weight is 478 g/mol. The van der Waals surface area contributed by atoms with Crippen molar-refractivity contribution in [3.05, 3.63) is 46.4 Å². The number of benzene rings is 1. The van der Waals surface area contributed by atoms with Crippen LogP contribution in [-0.2, 0) is 37.2 Å². The first-order valence-electron chi connectivity index (χ1n) is 10.5. The molecule has 0 saturated carbocycles. The molecule has 1 aromatic heterocycles. The van der Waals surface area contributed by atoms with Crippen molar-refractivity contribution in [3.63, 3.8) is 0 Å². The number of nitrogens with one attached hydrogen (secondary N) is 2. The molecule has 1 aliphatic rings. The number of rotatable bonds is 7. The predicted molar refractivity (Wildman–Crippen MR) is 121 cm³/mol. The number of fused-ring (bicyclic) bond motifs is 2. The summed E-state index contributed by atoms with van der Waals surface area (Å²) >= 11 is 1.47. The predicted octanol–water partition coefficient (Wildman–Crippen LogP) is 1.90. The lowest BCUT2D eigenvalue weighted by molar-refractivity contribution is -0.141. The number of ketones is 2. The molecule has 32 heavy (non-hydrogen) atoms. The third-order valence-electron chi connectivity index (χ3n) is 5.29. The Balaban J connectivity index is 1.81. The third-order valence-corrected chi connectivity index (χ3v) is 7.83. The molecule has 0 fully saturated rings. The molecule has 0 radical (unpaired) electrons. The van der Waals surface area contributed by atoms with Gasteiger partial charge in [-0.25, -0.2) is 18.1 Å². The van der Waals surface area contributed by atoms with Gasteiger partial charge >= 0.3 is 0 Å². The molecule has 8 nitrogen and oxygen atoms in total. The molecule has 0 aliphatic carbocycles. The minimum absolute atomic E-state index is 0.0565. The van der Waals surface area contributed by atoms with Gasteiger partial charge in [-0.2, -0.15) is 0 Å². The van der Waals surface area contributed by atoms with Gasteiger partial charge in [0.2, 0.25) is 15.8 Å². The summed E-state index contributed by atoms with van der Waals surface area (Å²) in [5, 5.41) is 3.53. The van der Waals surface area contributed by atoms with E-state index in [4.69, 9.17) is 0 Å². The number of sulfonamides is 1. The maximum atomic E-state index is 13.2. The minimum Gasteiger partial charge on any atom is -0.349 e. The number of aromatic nitrogens is 1. The second kappa shape index (κ2) is 10.5. The van der Waals surface area contributed by atoms with Crippen molar-refractivity contribution in [1.29, 1.82) is 0 Å². The van der Waals surface area contributed by atoms with E-state index in [0.29, 0.717) is 19.4 Å². The second-order valence-corrected chi connectivity index (χ2v) is 11.1. The third kappa shape index (κ3) is 6.08. The summed E-state index contributed by atoms with van der Waals surface area (Å²) in [7, 11) is -3.92. The van der Waals surface area contributed by atoms with Gasteiger partial charge in [0.05, 0.1) is 15.9 Å². The Kier molecular flexibility index (Phi) is 7.91. The van der Waals surface area contributed by atoms with Gasteiger partial charge in [-0.05, 0) is 30.9 Å². The van der Waals surface area contributed by atoms with Crippen molar-refractivity contribution in [3.8, 4) is 0 Å². The molecule has 2 bridgehead atoms. The number of amides is 1. The molecule has 172 valence electrons. The number of hydrogen-bond donors (Lipinski definition) is 2. The SMILES string of the molecule is CC(C)C(NS(=O)(=O)c1ccccc1)C(=O)CC1Cc2cnc(s2)CCCNC(=O)C1=O. The Hall–Kier alpha value is -2.43. The lowest BCUT2D eigenvalue weighted by Crippen LogP contribution is -2.46. The number of aryl methyl sites for hydroxylation is 1. The zero-order chi connectivity index (χ0) is 23.3. The fourth-order valence-electron chi connectivity index (χ4n) is 3.55. The first-order chi connectivity index (χ1) is 15.2. The van der Waals surface area contributed by atoms with E-state index in [2.05, 4.69) is 15.0 Å². The fourth-order valence-corrected chi connectivity index (χ4v) is 5.98. The van der Waals surface area contributed by atoms with Gasteiger partial charge in [0.1, 0.15) is 0 Å². The summed E-state index contributed by atoms with van der Waals surface area (Å²) in [6.07, 6.45) is 3.04. The van der Waals surface area contributed by atoms with Crippen LogP contribution in [0.25, 0.3) is 0 Å².